The van der Waals surface area contributed by atoms with Crippen LogP contribution in [0.3, 0.4) is 0 Å². The molecule has 1 aromatic rings. The zero-order chi connectivity index (χ0) is 7.56. The molecule has 0 N–H and O–H groups in total. The van der Waals surface area contributed by atoms with Gasteiger partial charge < -0.3 is 0 Å². The molecule has 1 atom stereocenters. The molecular weight excluding hydrogens is 155 g/mol. The monoisotopic (exact) mass is 162 g/mol. The van der Waals surface area contributed by atoms with Crippen molar-refractivity contribution >= 4 is 11.0 Å². The van der Waals surface area contributed by atoms with Crippen molar-refractivity contribution in [1.82, 2.24) is 9.19 Å². The molecule has 0 amide bonds. The Bertz CT molecular complexity index is 248. The second-order valence-corrected chi connectivity index (χ2v) is 2.98. The summed E-state index contributed by atoms with van der Waals surface area (Å²) in [5.74, 6) is 0. The van der Waals surface area contributed by atoms with Crippen molar-refractivity contribution in [2.24, 2.45) is 0 Å². The SMILES string of the molecule is Cc1ccnn1S(=O)CF. The van der Waals surface area contributed by atoms with Gasteiger partial charge in [-0.05, 0) is 13.0 Å². The first-order chi connectivity index (χ1) is 4.75. The summed E-state index contributed by atoms with van der Waals surface area (Å²) in [7, 11) is -1.63. The first kappa shape index (κ1) is 7.40. The van der Waals surface area contributed by atoms with Crippen molar-refractivity contribution in [3.63, 3.8) is 0 Å². The van der Waals surface area contributed by atoms with Crippen molar-refractivity contribution < 1.29 is 8.60 Å². The standard InChI is InChI=1S/C5H7FN2OS/c1-5-2-3-7-8(5)10(9)4-6/h2-3H,4H2,1H3. The fourth-order valence-corrected chi connectivity index (χ4v) is 1.25. The van der Waals surface area contributed by atoms with E-state index in [-0.39, 0.29) is 0 Å². The molecule has 1 aromatic heterocycles. The van der Waals surface area contributed by atoms with E-state index in [1.54, 1.807) is 13.0 Å². The highest BCUT2D eigenvalue weighted by Gasteiger charge is 2.03. The van der Waals surface area contributed by atoms with E-state index in [1.807, 2.05) is 0 Å². The van der Waals surface area contributed by atoms with Gasteiger partial charge in [-0.2, -0.15) is 9.19 Å². The van der Waals surface area contributed by atoms with Crippen molar-refractivity contribution in [2.75, 3.05) is 6.01 Å². The first-order valence-corrected chi connectivity index (χ1v) is 3.98. The van der Waals surface area contributed by atoms with Gasteiger partial charge in [-0.15, -0.1) is 0 Å². The van der Waals surface area contributed by atoms with E-state index in [9.17, 15) is 8.60 Å². The van der Waals surface area contributed by atoms with Crippen LogP contribution >= 0.6 is 0 Å². The number of alkyl halides is 1. The van der Waals surface area contributed by atoms with Crippen molar-refractivity contribution in [3.8, 4) is 0 Å². The van der Waals surface area contributed by atoms with Crippen LogP contribution in [0.2, 0.25) is 0 Å². The van der Waals surface area contributed by atoms with Crippen LogP contribution in [0, 0.1) is 6.92 Å². The molecule has 0 saturated heterocycles. The Morgan fingerprint density at radius 3 is 3.00 bits per heavy atom. The van der Waals surface area contributed by atoms with Gasteiger partial charge in [0.25, 0.3) is 0 Å². The lowest BCUT2D eigenvalue weighted by molar-refractivity contribution is 0.572. The Morgan fingerprint density at radius 2 is 2.60 bits per heavy atom. The molecule has 0 radical (unpaired) electrons. The van der Waals surface area contributed by atoms with Crippen LogP contribution in [0.4, 0.5) is 4.39 Å². The van der Waals surface area contributed by atoms with E-state index in [1.165, 1.54) is 6.20 Å². The van der Waals surface area contributed by atoms with Crippen molar-refractivity contribution in [1.29, 1.82) is 0 Å². The van der Waals surface area contributed by atoms with Crippen molar-refractivity contribution in [2.45, 2.75) is 6.92 Å². The topological polar surface area (TPSA) is 34.9 Å². The maximum absolute atomic E-state index is 11.8. The van der Waals surface area contributed by atoms with E-state index < -0.39 is 17.0 Å². The summed E-state index contributed by atoms with van der Waals surface area (Å²) in [4.78, 5) is 0. The first-order valence-electron chi connectivity index (χ1n) is 2.71. The summed E-state index contributed by atoms with van der Waals surface area (Å²) in [6.45, 7) is 1.72. The number of rotatable bonds is 2. The van der Waals surface area contributed by atoms with Crippen LogP contribution in [0.15, 0.2) is 12.3 Å². The molecule has 0 bridgehead atoms. The molecule has 0 aromatic carbocycles. The van der Waals surface area contributed by atoms with E-state index in [0.29, 0.717) is 5.69 Å². The van der Waals surface area contributed by atoms with Gasteiger partial charge in [0.2, 0.25) is 0 Å². The number of nitrogens with zero attached hydrogens (tertiary/aromatic N) is 2. The van der Waals surface area contributed by atoms with Gasteiger partial charge in [0.1, 0.15) is 0 Å². The fraction of sp³-hybridized carbons (Fsp3) is 0.400. The van der Waals surface area contributed by atoms with Gasteiger partial charge in [0, 0.05) is 0 Å². The van der Waals surface area contributed by atoms with Gasteiger partial charge in [-0.3, -0.25) is 0 Å². The molecule has 1 rings (SSSR count). The Labute approximate surface area is 60.4 Å². The maximum atomic E-state index is 11.8. The normalized spacial score (nSPS) is 13.4. The van der Waals surface area contributed by atoms with Crippen LogP contribution in [0.1, 0.15) is 5.69 Å². The Kier molecular flexibility index (Phi) is 2.16. The molecule has 0 aliphatic carbocycles. The van der Waals surface area contributed by atoms with Crippen LogP contribution in [-0.4, -0.2) is 19.4 Å². The summed E-state index contributed by atoms with van der Waals surface area (Å²) in [5.41, 5.74) is 0.705. The average Bonchev–Trinajstić information content (AvgIpc) is 2.34. The van der Waals surface area contributed by atoms with E-state index in [4.69, 9.17) is 0 Å². The summed E-state index contributed by atoms with van der Waals surface area (Å²) in [6.07, 6.45) is 1.49. The molecule has 1 unspecified atom stereocenters. The van der Waals surface area contributed by atoms with Crippen molar-refractivity contribution in [3.05, 3.63) is 18.0 Å². The van der Waals surface area contributed by atoms with E-state index >= 15 is 0 Å². The van der Waals surface area contributed by atoms with Gasteiger partial charge in [0.05, 0.1) is 11.9 Å². The molecule has 10 heavy (non-hydrogen) atoms. The molecule has 0 fully saturated rings. The molecule has 0 saturated carbocycles. The Hall–Kier alpha value is -0.710. The smallest absolute Gasteiger partial charge is 0.185 e. The molecule has 56 valence electrons. The fourth-order valence-electron chi connectivity index (χ4n) is 0.616. The number of aryl methyl sites for hydroxylation is 1. The largest absolute Gasteiger partial charge is 0.234 e. The minimum atomic E-state index is -1.63. The molecule has 0 spiro atoms. The molecule has 3 nitrogen and oxygen atoms in total. The average molecular weight is 162 g/mol. The number of hydrogen-bond donors (Lipinski definition) is 0. The van der Waals surface area contributed by atoms with Crippen LogP contribution < -0.4 is 0 Å². The second-order valence-electron chi connectivity index (χ2n) is 1.78. The quantitative estimate of drug-likeness (QED) is 0.639. The molecule has 0 aliphatic rings. The minimum Gasteiger partial charge on any atom is -0.234 e. The lowest BCUT2D eigenvalue weighted by atomic mass is 10.5. The van der Waals surface area contributed by atoms with Gasteiger partial charge in [-0.25, -0.2) is 8.60 Å². The highest BCUT2D eigenvalue weighted by atomic mass is 32.2. The Balaban J connectivity index is 2.93. The third-order valence-corrected chi connectivity index (χ3v) is 2.03. The van der Waals surface area contributed by atoms with E-state index in [0.717, 1.165) is 4.09 Å². The predicted octanol–water partition coefficient (Wildman–Crippen LogP) is 0.630. The summed E-state index contributed by atoms with van der Waals surface area (Å²) in [6, 6.07) is 0.788. The van der Waals surface area contributed by atoms with Gasteiger partial charge in [0.15, 0.2) is 17.0 Å². The van der Waals surface area contributed by atoms with Crippen LogP contribution in [0.5, 0.6) is 0 Å². The zero-order valence-electron chi connectivity index (χ0n) is 5.45. The lowest BCUT2D eigenvalue weighted by Gasteiger charge is -1.96. The van der Waals surface area contributed by atoms with Gasteiger partial charge in [-0.1, -0.05) is 0 Å². The van der Waals surface area contributed by atoms with Crippen LogP contribution in [-0.2, 0) is 11.0 Å². The number of halogens is 1. The Morgan fingerprint density at radius 1 is 1.90 bits per heavy atom. The summed E-state index contributed by atoms with van der Waals surface area (Å²) >= 11 is 0. The third-order valence-electron chi connectivity index (χ3n) is 1.08. The number of hydrogen-bond acceptors (Lipinski definition) is 2. The highest BCUT2D eigenvalue weighted by Crippen LogP contribution is 1.97. The predicted molar refractivity (Wildman–Crippen MR) is 36.5 cm³/mol. The molecule has 0 aliphatic heterocycles. The summed E-state index contributed by atoms with van der Waals surface area (Å²) in [5, 5.41) is 3.66. The third kappa shape index (κ3) is 1.23. The van der Waals surface area contributed by atoms with Crippen LogP contribution in [0.25, 0.3) is 0 Å². The minimum absolute atomic E-state index is 0.705. The zero-order valence-corrected chi connectivity index (χ0v) is 6.27. The van der Waals surface area contributed by atoms with Gasteiger partial charge >= 0.3 is 0 Å². The lowest BCUT2D eigenvalue weighted by Crippen LogP contribution is -2.08. The molecule has 1 heterocycles. The number of aromatic nitrogens is 2. The molecular formula is C5H7FN2OS. The maximum Gasteiger partial charge on any atom is 0.185 e. The summed E-state index contributed by atoms with van der Waals surface area (Å²) < 4.78 is 23.7. The highest BCUT2D eigenvalue weighted by molar-refractivity contribution is 7.83. The van der Waals surface area contributed by atoms with E-state index in [2.05, 4.69) is 5.10 Å². The second kappa shape index (κ2) is 2.92. The molecule has 5 heteroatoms.